The smallest absolute Gasteiger partial charge is 0.120 e. The van der Waals surface area contributed by atoms with Crippen molar-refractivity contribution in [1.82, 2.24) is 10.2 Å². The highest BCUT2D eigenvalue weighted by Gasteiger charge is 2.39. The second-order valence-electron chi connectivity index (χ2n) is 9.05. The lowest BCUT2D eigenvalue weighted by Gasteiger charge is -2.49. The van der Waals surface area contributed by atoms with E-state index in [2.05, 4.69) is 48.2 Å². The molecule has 1 aromatic rings. The number of fused-ring (bicyclic) bond motifs is 1. The highest BCUT2D eigenvalue weighted by molar-refractivity contribution is 5.94. The van der Waals surface area contributed by atoms with E-state index in [0.717, 1.165) is 29.9 Å². The van der Waals surface area contributed by atoms with Gasteiger partial charge in [0.2, 0.25) is 0 Å². The Hall–Kier alpha value is -2.60. The number of hydrogen-bond donors (Lipinski definition) is 4. The molecule has 3 rings (SSSR count). The van der Waals surface area contributed by atoms with Gasteiger partial charge in [-0.3, -0.25) is 10.4 Å². The van der Waals surface area contributed by atoms with Crippen LogP contribution < -0.4 is 16.4 Å². The van der Waals surface area contributed by atoms with Gasteiger partial charge in [0.25, 0.3) is 0 Å². The van der Waals surface area contributed by atoms with Crippen LogP contribution in [0, 0.1) is 5.41 Å². The molecule has 0 saturated carbocycles. The van der Waals surface area contributed by atoms with Crippen LogP contribution in [-0.2, 0) is 0 Å². The molecule has 2 heterocycles. The minimum atomic E-state index is 0.0432. The lowest BCUT2D eigenvalue weighted by Crippen LogP contribution is -2.62. The van der Waals surface area contributed by atoms with Gasteiger partial charge in [-0.2, -0.15) is 0 Å². The lowest BCUT2D eigenvalue weighted by molar-refractivity contribution is 0.114. The second-order valence-corrected chi connectivity index (χ2v) is 9.05. The molecule has 2 aliphatic rings. The van der Waals surface area contributed by atoms with E-state index < -0.39 is 0 Å². The highest BCUT2D eigenvalue weighted by Crippen LogP contribution is 2.31. The third kappa shape index (κ3) is 4.62. The van der Waals surface area contributed by atoms with Crippen molar-refractivity contribution in [3.05, 3.63) is 47.8 Å². The molecule has 0 atom stereocenters. The normalized spacial score (nSPS) is 22.5. The van der Waals surface area contributed by atoms with E-state index in [1.54, 1.807) is 18.4 Å². The van der Waals surface area contributed by atoms with Crippen LogP contribution in [-0.4, -0.2) is 41.1 Å². The van der Waals surface area contributed by atoms with E-state index in [4.69, 9.17) is 11.1 Å². The summed E-state index contributed by atoms with van der Waals surface area (Å²) in [6.07, 6.45) is 7.25. The van der Waals surface area contributed by atoms with Gasteiger partial charge in [0.1, 0.15) is 5.84 Å². The standard InChI is InChI=1S/C22H32N6/c1-21(2)12-15(13-22(3,4)27-21)28(5)20(24)11-10-16(23)19-14-25-17-8-6-7-9-18(17)26-19/h6-11,14-15,24,26-27H,12-13,23H2,1-5H3. The topological polar surface area (TPSA) is 89.5 Å². The van der Waals surface area contributed by atoms with Crippen molar-refractivity contribution in [1.29, 1.82) is 5.41 Å². The summed E-state index contributed by atoms with van der Waals surface area (Å²) in [5, 5.41) is 15.5. The molecule has 150 valence electrons. The van der Waals surface area contributed by atoms with Crippen LogP contribution in [0.4, 0.5) is 11.4 Å². The van der Waals surface area contributed by atoms with Gasteiger partial charge in [-0.1, -0.05) is 12.1 Å². The Morgan fingerprint density at radius 3 is 2.50 bits per heavy atom. The first kappa shape index (κ1) is 20.1. The van der Waals surface area contributed by atoms with Crippen LogP contribution >= 0.6 is 0 Å². The average molecular weight is 381 g/mol. The molecular formula is C22H32N6. The van der Waals surface area contributed by atoms with Gasteiger partial charge in [-0.15, -0.1) is 0 Å². The zero-order chi connectivity index (χ0) is 20.5. The summed E-state index contributed by atoms with van der Waals surface area (Å²) in [4.78, 5) is 6.48. The van der Waals surface area contributed by atoms with Crippen LogP contribution in [0.15, 0.2) is 52.8 Å². The maximum absolute atomic E-state index is 8.50. The summed E-state index contributed by atoms with van der Waals surface area (Å²) >= 11 is 0. The molecule has 6 nitrogen and oxygen atoms in total. The Bertz CT molecular complexity index is 830. The number of aliphatic imine (C=N–C) groups is 1. The molecule has 0 spiro atoms. The quantitative estimate of drug-likeness (QED) is 0.475. The molecule has 0 aromatic heterocycles. The third-order valence-electron chi connectivity index (χ3n) is 5.33. The molecule has 5 N–H and O–H groups in total. The zero-order valence-electron chi connectivity index (χ0n) is 17.5. The number of para-hydroxylation sites is 2. The number of piperidine rings is 1. The van der Waals surface area contributed by atoms with Crippen LogP contribution in [0.25, 0.3) is 0 Å². The Kier molecular flexibility index (Phi) is 5.35. The molecule has 0 bridgehead atoms. The number of nitrogens with two attached hydrogens (primary N) is 1. The number of amidine groups is 1. The molecule has 28 heavy (non-hydrogen) atoms. The molecular weight excluding hydrogens is 348 g/mol. The fraction of sp³-hybridized carbons (Fsp3) is 0.455. The molecule has 2 aliphatic heterocycles. The van der Waals surface area contributed by atoms with E-state index >= 15 is 0 Å². The Morgan fingerprint density at radius 1 is 1.18 bits per heavy atom. The summed E-state index contributed by atoms with van der Waals surface area (Å²) in [5.74, 6) is 0.454. The number of nitrogens with zero attached hydrogens (tertiary/aromatic N) is 2. The number of benzene rings is 1. The lowest BCUT2D eigenvalue weighted by atomic mass is 9.79. The molecule has 0 aliphatic carbocycles. The minimum Gasteiger partial charge on any atom is -0.397 e. The summed E-state index contributed by atoms with van der Waals surface area (Å²) in [6.45, 7) is 8.90. The second kappa shape index (κ2) is 7.43. The van der Waals surface area contributed by atoms with Crippen molar-refractivity contribution in [2.75, 3.05) is 12.4 Å². The predicted molar refractivity (Wildman–Crippen MR) is 118 cm³/mol. The Morgan fingerprint density at radius 2 is 1.82 bits per heavy atom. The number of hydrogen-bond acceptors (Lipinski definition) is 5. The largest absolute Gasteiger partial charge is 0.397 e. The zero-order valence-corrected chi connectivity index (χ0v) is 17.5. The van der Waals surface area contributed by atoms with Gasteiger partial charge in [0.05, 0.1) is 29.0 Å². The maximum atomic E-state index is 8.50. The SMILES string of the molecule is CN(C(=N)C=CC(N)=C1C=Nc2ccccc2N1)C1CC(C)(C)NC(C)(C)C1. The number of allylic oxidation sites excluding steroid dienone is 2. The van der Waals surface area contributed by atoms with E-state index in [-0.39, 0.29) is 11.1 Å². The Labute approximate surface area is 168 Å². The highest BCUT2D eigenvalue weighted by atomic mass is 15.2. The summed E-state index contributed by atoms with van der Waals surface area (Å²) in [6, 6.07) is 8.14. The van der Waals surface area contributed by atoms with Crippen molar-refractivity contribution in [3.63, 3.8) is 0 Å². The van der Waals surface area contributed by atoms with Gasteiger partial charge in [0.15, 0.2) is 0 Å². The van der Waals surface area contributed by atoms with Crippen molar-refractivity contribution >= 4 is 23.4 Å². The fourth-order valence-electron chi connectivity index (χ4n) is 4.27. The first-order valence-corrected chi connectivity index (χ1v) is 9.75. The van der Waals surface area contributed by atoms with E-state index in [0.29, 0.717) is 17.6 Å². The van der Waals surface area contributed by atoms with Gasteiger partial charge in [-0.05, 0) is 64.8 Å². The molecule has 1 aromatic carbocycles. The van der Waals surface area contributed by atoms with E-state index in [1.807, 2.05) is 31.3 Å². The predicted octanol–water partition coefficient (Wildman–Crippen LogP) is 3.76. The van der Waals surface area contributed by atoms with Gasteiger partial charge in [-0.25, -0.2) is 0 Å². The van der Waals surface area contributed by atoms with Gasteiger partial charge in [0, 0.05) is 24.2 Å². The van der Waals surface area contributed by atoms with Gasteiger partial charge >= 0.3 is 0 Å². The molecule has 0 radical (unpaired) electrons. The molecule has 0 amide bonds. The minimum absolute atomic E-state index is 0.0432. The van der Waals surface area contributed by atoms with Crippen molar-refractivity contribution in [2.45, 2.75) is 57.7 Å². The summed E-state index contributed by atoms with van der Waals surface area (Å²) in [5.41, 5.74) is 9.45. The summed E-state index contributed by atoms with van der Waals surface area (Å²) in [7, 11) is 1.99. The number of anilines is 1. The number of rotatable bonds is 3. The monoisotopic (exact) mass is 380 g/mol. The molecule has 1 fully saturated rings. The first-order chi connectivity index (χ1) is 13.1. The van der Waals surface area contributed by atoms with Crippen molar-refractivity contribution in [2.24, 2.45) is 10.7 Å². The van der Waals surface area contributed by atoms with Crippen LogP contribution in [0.2, 0.25) is 0 Å². The average Bonchev–Trinajstić information content (AvgIpc) is 2.62. The third-order valence-corrected chi connectivity index (χ3v) is 5.33. The fourth-order valence-corrected chi connectivity index (χ4v) is 4.27. The molecule has 6 heteroatoms. The van der Waals surface area contributed by atoms with Crippen LogP contribution in [0.5, 0.6) is 0 Å². The maximum Gasteiger partial charge on any atom is 0.120 e. The van der Waals surface area contributed by atoms with Crippen molar-refractivity contribution in [3.8, 4) is 0 Å². The molecule has 1 saturated heterocycles. The summed E-state index contributed by atoms with van der Waals surface area (Å²) < 4.78 is 0. The Balaban J connectivity index is 1.69. The first-order valence-electron chi connectivity index (χ1n) is 9.75. The van der Waals surface area contributed by atoms with Crippen LogP contribution in [0.1, 0.15) is 40.5 Å². The van der Waals surface area contributed by atoms with Crippen LogP contribution in [0.3, 0.4) is 0 Å². The molecule has 0 unspecified atom stereocenters. The number of likely N-dealkylation sites (N-methyl/N-ethyl adjacent to an activating group) is 1. The van der Waals surface area contributed by atoms with Crippen molar-refractivity contribution < 1.29 is 0 Å². The number of nitrogens with one attached hydrogen (secondary N) is 3. The van der Waals surface area contributed by atoms with E-state index in [1.165, 1.54) is 0 Å². The van der Waals surface area contributed by atoms with Gasteiger partial charge < -0.3 is 21.3 Å². The van der Waals surface area contributed by atoms with E-state index in [9.17, 15) is 0 Å².